The van der Waals surface area contributed by atoms with Gasteiger partial charge in [0.25, 0.3) is 0 Å². The Bertz CT molecular complexity index is 269. The fourth-order valence-electron chi connectivity index (χ4n) is 1.71. The van der Waals surface area contributed by atoms with Crippen molar-refractivity contribution < 1.29 is 9.59 Å². The molecule has 1 fully saturated rings. The molecule has 0 aromatic rings. The van der Waals surface area contributed by atoms with Crippen molar-refractivity contribution in [2.75, 3.05) is 13.1 Å². The molecule has 1 aliphatic heterocycles. The number of piperidine rings is 1. The number of nitrogens with zero attached hydrogens (tertiary/aromatic N) is 1. The number of hydrogen-bond donors (Lipinski definition) is 1. The molecule has 4 nitrogen and oxygen atoms in total. The number of amides is 1. The molecule has 0 aliphatic carbocycles. The van der Waals surface area contributed by atoms with Crippen LogP contribution in [0, 0.1) is 0 Å². The van der Waals surface area contributed by atoms with E-state index in [-0.39, 0.29) is 29.9 Å². The molecular formula is C10H16N2O2. The summed E-state index contributed by atoms with van der Waals surface area (Å²) in [6.07, 6.45) is 0.250. The van der Waals surface area contributed by atoms with Crippen molar-refractivity contribution in [3.05, 3.63) is 12.3 Å². The van der Waals surface area contributed by atoms with E-state index in [1.807, 2.05) is 18.7 Å². The average Bonchev–Trinajstić information content (AvgIpc) is 2.15. The molecule has 1 atom stereocenters. The lowest BCUT2D eigenvalue weighted by molar-refractivity contribution is -0.132. The second-order valence-electron chi connectivity index (χ2n) is 3.33. The normalized spacial score (nSPS) is 22.8. The summed E-state index contributed by atoms with van der Waals surface area (Å²) in [6, 6.07) is -0.314. The molecular weight excluding hydrogens is 180 g/mol. The third kappa shape index (κ3) is 2.01. The molecule has 0 radical (unpaired) electrons. The number of Topliss-reactive ketones (excluding diaryl/α,β-unsaturated/α-hetero) is 1. The predicted octanol–water partition coefficient (Wildman–Crippen LogP) is 0.299. The van der Waals surface area contributed by atoms with Gasteiger partial charge in [0.15, 0.2) is 5.78 Å². The van der Waals surface area contributed by atoms with Crippen LogP contribution in [-0.2, 0) is 9.59 Å². The molecule has 0 spiro atoms. The van der Waals surface area contributed by atoms with E-state index in [9.17, 15) is 9.59 Å². The summed E-state index contributed by atoms with van der Waals surface area (Å²) in [6.45, 7) is 9.04. The number of ketones is 1. The minimum absolute atomic E-state index is 0.0618. The quantitative estimate of drug-likeness (QED) is 0.660. The van der Waals surface area contributed by atoms with Crippen LogP contribution >= 0.6 is 0 Å². The molecule has 1 amide bonds. The Morgan fingerprint density at radius 1 is 1.43 bits per heavy atom. The molecule has 1 saturated heterocycles. The molecule has 0 bridgehead atoms. The Hall–Kier alpha value is -1.16. The summed E-state index contributed by atoms with van der Waals surface area (Å²) in [5.74, 6) is -0.181. The first-order valence-electron chi connectivity index (χ1n) is 4.87. The smallest absolute Gasteiger partial charge is 0.226 e. The van der Waals surface area contributed by atoms with Gasteiger partial charge in [-0.15, -0.1) is 0 Å². The van der Waals surface area contributed by atoms with E-state index in [1.54, 1.807) is 0 Å². The number of hydrogen-bond acceptors (Lipinski definition) is 3. The monoisotopic (exact) mass is 196 g/mol. The van der Waals surface area contributed by atoms with Crippen LogP contribution in [0.5, 0.6) is 0 Å². The topological polar surface area (TPSA) is 49.4 Å². The maximum absolute atomic E-state index is 11.7. The highest BCUT2D eigenvalue weighted by Crippen LogP contribution is 2.13. The van der Waals surface area contributed by atoms with Crippen LogP contribution in [0.2, 0.25) is 0 Å². The summed E-state index contributed by atoms with van der Waals surface area (Å²) in [4.78, 5) is 24.9. The van der Waals surface area contributed by atoms with Crippen LogP contribution in [0.3, 0.4) is 0 Å². The third-order valence-corrected chi connectivity index (χ3v) is 2.52. The van der Waals surface area contributed by atoms with E-state index >= 15 is 0 Å². The molecule has 14 heavy (non-hydrogen) atoms. The number of carbonyl (C=O) groups is 2. The highest BCUT2D eigenvalue weighted by molar-refractivity contribution is 6.07. The van der Waals surface area contributed by atoms with Gasteiger partial charge >= 0.3 is 0 Å². The van der Waals surface area contributed by atoms with Crippen LogP contribution in [0.1, 0.15) is 20.3 Å². The fraction of sp³-hybridized carbons (Fsp3) is 0.600. The Morgan fingerprint density at radius 3 is 2.50 bits per heavy atom. The molecule has 1 heterocycles. The van der Waals surface area contributed by atoms with Crippen LogP contribution in [0.25, 0.3) is 0 Å². The van der Waals surface area contributed by atoms with E-state index in [0.717, 1.165) is 13.1 Å². The van der Waals surface area contributed by atoms with Crippen LogP contribution in [0.4, 0.5) is 0 Å². The summed E-state index contributed by atoms with van der Waals surface area (Å²) in [5.41, 5.74) is 0.221. The zero-order chi connectivity index (χ0) is 10.7. The van der Waals surface area contributed by atoms with Crippen molar-refractivity contribution >= 4 is 11.7 Å². The van der Waals surface area contributed by atoms with E-state index in [0.29, 0.717) is 0 Å². The fourth-order valence-corrected chi connectivity index (χ4v) is 1.71. The lowest BCUT2D eigenvalue weighted by Gasteiger charge is -2.31. The van der Waals surface area contributed by atoms with Gasteiger partial charge in [-0.2, -0.15) is 0 Å². The minimum Gasteiger partial charge on any atom is -0.323 e. The van der Waals surface area contributed by atoms with E-state index < -0.39 is 0 Å². The summed E-state index contributed by atoms with van der Waals surface area (Å²) < 4.78 is 0. The van der Waals surface area contributed by atoms with Crippen molar-refractivity contribution in [1.29, 1.82) is 0 Å². The highest BCUT2D eigenvalue weighted by Gasteiger charge is 2.32. The number of likely N-dealkylation sites (N-methyl/N-ethyl adjacent to an activating group) is 1. The molecule has 0 saturated carbocycles. The largest absolute Gasteiger partial charge is 0.323 e. The third-order valence-electron chi connectivity index (χ3n) is 2.52. The van der Waals surface area contributed by atoms with Crippen molar-refractivity contribution in [2.24, 2.45) is 0 Å². The van der Waals surface area contributed by atoms with Crippen molar-refractivity contribution in [1.82, 2.24) is 10.2 Å². The predicted molar refractivity (Wildman–Crippen MR) is 53.6 cm³/mol. The van der Waals surface area contributed by atoms with Crippen molar-refractivity contribution in [3.63, 3.8) is 0 Å². The van der Waals surface area contributed by atoms with Gasteiger partial charge in [-0.1, -0.05) is 20.4 Å². The van der Waals surface area contributed by atoms with Gasteiger partial charge in [0.1, 0.15) is 0 Å². The first-order valence-corrected chi connectivity index (χ1v) is 4.87. The van der Waals surface area contributed by atoms with Gasteiger partial charge in [-0.3, -0.25) is 14.5 Å². The molecule has 4 heteroatoms. The van der Waals surface area contributed by atoms with E-state index in [1.165, 1.54) is 0 Å². The van der Waals surface area contributed by atoms with Gasteiger partial charge < -0.3 is 5.32 Å². The van der Waals surface area contributed by atoms with Crippen LogP contribution in [-0.4, -0.2) is 35.7 Å². The molecule has 78 valence electrons. The minimum atomic E-state index is -0.314. The Kier molecular flexibility index (Phi) is 3.41. The molecule has 1 aliphatic rings. The summed E-state index contributed by atoms with van der Waals surface area (Å²) in [5, 5.41) is 2.45. The second kappa shape index (κ2) is 4.37. The maximum atomic E-state index is 11.7. The van der Waals surface area contributed by atoms with Gasteiger partial charge in [-0.25, -0.2) is 0 Å². The number of carbonyl (C=O) groups excluding carboxylic acids is 2. The van der Waals surface area contributed by atoms with Crippen molar-refractivity contribution in [3.8, 4) is 0 Å². The average molecular weight is 196 g/mol. The molecule has 0 aromatic heterocycles. The van der Waals surface area contributed by atoms with E-state index in [4.69, 9.17) is 0 Å². The highest BCUT2D eigenvalue weighted by atomic mass is 16.2. The summed E-state index contributed by atoms with van der Waals surface area (Å²) >= 11 is 0. The SMILES string of the molecule is C=C1NC(=O)CC(N(CC)CC)C1=O. The molecule has 1 unspecified atom stereocenters. The van der Waals surface area contributed by atoms with Crippen molar-refractivity contribution in [2.45, 2.75) is 26.3 Å². The maximum Gasteiger partial charge on any atom is 0.226 e. The van der Waals surface area contributed by atoms with Crippen LogP contribution in [0.15, 0.2) is 12.3 Å². The lowest BCUT2D eigenvalue weighted by Crippen LogP contribution is -2.50. The zero-order valence-corrected chi connectivity index (χ0v) is 8.67. The van der Waals surface area contributed by atoms with Gasteiger partial charge in [0.2, 0.25) is 5.91 Å². The first kappa shape index (κ1) is 10.9. The number of rotatable bonds is 3. The van der Waals surface area contributed by atoms with Gasteiger partial charge in [0, 0.05) is 6.42 Å². The van der Waals surface area contributed by atoms with Gasteiger partial charge in [-0.05, 0) is 13.1 Å². The lowest BCUT2D eigenvalue weighted by atomic mass is 10.0. The van der Waals surface area contributed by atoms with Crippen LogP contribution < -0.4 is 5.32 Å². The summed E-state index contributed by atoms with van der Waals surface area (Å²) in [7, 11) is 0. The zero-order valence-electron chi connectivity index (χ0n) is 8.67. The first-order chi connectivity index (χ1) is 6.60. The van der Waals surface area contributed by atoms with Gasteiger partial charge in [0.05, 0.1) is 11.7 Å². The number of nitrogens with one attached hydrogen (secondary N) is 1. The molecule has 1 N–H and O–H groups in total. The molecule has 0 aromatic carbocycles. The Balaban J connectivity index is 2.80. The molecule has 1 rings (SSSR count). The van der Waals surface area contributed by atoms with E-state index in [2.05, 4.69) is 11.9 Å². The Labute approximate surface area is 84.0 Å². The second-order valence-corrected chi connectivity index (χ2v) is 3.33. The Morgan fingerprint density at radius 2 is 2.00 bits per heavy atom. The standard InChI is InChI=1S/C10H16N2O2/c1-4-12(5-2)8-6-9(13)11-7(3)10(8)14/h8H,3-6H2,1-2H3,(H,11,13).